The van der Waals surface area contributed by atoms with Crippen LogP contribution in [0.3, 0.4) is 0 Å². The van der Waals surface area contributed by atoms with E-state index in [1.165, 1.54) is 37.1 Å². The maximum absolute atomic E-state index is 12.5. The number of hydrogen-bond donors (Lipinski definition) is 1. The molecule has 140 valence electrons. The standard InChI is InChI=1S/C19H16N6O3/c1-23-16-15(18(27)24(2)19(23)28)8-13(10-20-16)22-17(26)12-9-21-25(11-12)14-6-4-3-5-7-14/h3-11H,1-2H3,(H,22,26). The van der Waals surface area contributed by atoms with E-state index in [1.807, 2.05) is 30.3 Å². The molecule has 3 aromatic heterocycles. The van der Waals surface area contributed by atoms with E-state index in [-0.39, 0.29) is 16.9 Å². The van der Waals surface area contributed by atoms with Crippen molar-refractivity contribution in [2.24, 2.45) is 14.1 Å². The quantitative estimate of drug-likeness (QED) is 0.576. The van der Waals surface area contributed by atoms with Crippen LogP contribution in [0.25, 0.3) is 16.7 Å². The van der Waals surface area contributed by atoms with Crippen LogP contribution in [0.2, 0.25) is 0 Å². The number of aryl methyl sites for hydroxylation is 1. The number of amides is 1. The van der Waals surface area contributed by atoms with Crippen molar-refractivity contribution < 1.29 is 4.79 Å². The Bertz CT molecular complexity index is 1320. The molecule has 9 nitrogen and oxygen atoms in total. The summed E-state index contributed by atoms with van der Waals surface area (Å²) in [5.74, 6) is -0.384. The predicted octanol–water partition coefficient (Wildman–Crippen LogP) is 1.07. The Kier molecular flexibility index (Phi) is 4.11. The van der Waals surface area contributed by atoms with Gasteiger partial charge in [0.15, 0.2) is 0 Å². The Morgan fingerprint density at radius 1 is 1.04 bits per heavy atom. The second-order valence-corrected chi connectivity index (χ2v) is 6.26. The molecular weight excluding hydrogens is 360 g/mol. The number of carbonyl (C=O) groups is 1. The SMILES string of the molecule is Cn1c(=O)c2cc(NC(=O)c3cnn(-c4ccccc4)c3)cnc2n(C)c1=O. The van der Waals surface area contributed by atoms with E-state index < -0.39 is 11.2 Å². The van der Waals surface area contributed by atoms with E-state index in [0.29, 0.717) is 11.3 Å². The van der Waals surface area contributed by atoms with Crippen LogP contribution in [0.5, 0.6) is 0 Å². The average Bonchev–Trinajstić information content (AvgIpc) is 3.22. The Morgan fingerprint density at radius 2 is 1.79 bits per heavy atom. The van der Waals surface area contributed by atoms with Gasteiger partial charge in [0, 0.05) is 20.3 Å². The van der Waals surface area contributed by atoms with Crippen LogP contribution in [-0.4, -0.2) is 29.8 Å². The molecule has 0 aliphatic rings. The minimum atomic E-state index is -0.474. The molecular formula is C19H16N6O3. The van der Waals surface area contributed by atoms with Gasteiger partial charge in [-0.3, -0.25) is 18.7 Å². The summed E-state index contributed by atoms with van der Waals surface area (Å²) in [5, 5.41) is 7.14. The minimum Gasteiger partial charge on any atom is -0.320 e. The lowest BCUT2D eigenvalue weighted by Crippen LogP contribution is -2.37. The second kappa shape index (κ2) is 6.62. The van der Waals surface area contributed by atoms with Gasteiger partial charge < -0.3 is 5.32 Å². The largest absolute Gasteiger partial charge is 0.332 e. The molecule has 0 saturated heterocycles. The molecule has 1 aromatic carbocycles. The first-order chi connectivity index (χ1) is 13.5. The van der Waals surface area contributed by atoms with Crippen molar-refractivity contribution >= 4 is 22.6 Å². The van der Waals surface area contributed by atoms with E-state index in [9.17, 15) is 14.4 Å². The minimum absolute atomic E-state index is 0.238. The van der Waals surface area contributed by atoms with Crippen LogP contribution < -0.4 is 16.6 Å². The van der Waals surface area contributed by atoms with E-state index in [4.69, 9.17) is 0 Å². The Morgan fingerprint density at radius 3 is 2.54 bits per heavy atom. The maximum Gasteiger partial charge on any atom is 0.332 e. The van der Waals surface area contributed by atoms with Crippen molar-refractivity contribution in [2.75, 3.05) is 5.32 Å². The molecule has 0 unspecified atom stereocenters. The highest BCUT2D eigenvalue weighted by molar-refractivity contribution is 6.04. The van der Waals surface area contributed by atoms with Gasteiger partial charge in [-0.15, -0.1) is 0 Å². The smallest absolute Gasteiger partial charge is 0.320 e. The molecule has 4 rings (SSSR count). The summed E-state index contributed by atoms with van der Waals surface area (Å²) in [6.45, 7) is 0. The fraction of sp³-hybridized carbons (Fsp3) is 0.105. The van der Waals surface area contributed by atoms with Gasteiger partial charge in [-0.1, -0.05) is 18.2 Å². The highest BCUT2D eigenvalue weighted by atomic mass is 16.2. The fourth-order valence-electron chi connectivity index (χ4n) is 2.90. The predicted molar refractivity (Wildman–Crippen MR) is 104 cm³/mol. The number of fused-ring (bicyclic) bond motifs is 1. The average molecular weight is 376 g/mol. The van der Waals surface area contributed by atoms with Crippen molar-refractivity contribution in [1.29, 1.82) is 0 Å². The number of hydrogen-bond acceptors (Lipinski definition) is 5. The summed E-state index contributed by atoms with van der Waals surface area (Å²) in [6, 6.07) is 10.9. The highest BCUT2D eigenvalue weighted by Gasteiger charge is 2.13. The zero-order chi connectivity index (χ0) is 19.8. The summed E-state index contributed by atoms with van der Waals surface area (Å²) in [5.41, 5.74) is 0.855. The van der Waals surface area contributed by atoms with Crippen molar-refractivity contribution in [1.82, 2.24) is 23.9 Å². The van der Waals surface area contributed by atoms with E-state index in [2.05, 4.69) is 15.4 Å². The number of nitrogens with zero attached hydrogens (tertiary/aromatic N) is 5. The molecule has 28 heavy (non-hydrogen) atoms. The van der Waals surface area contributed by atoms with Crippen molar-refractivity contribution in [3.8, 4) is 5.69 Å². The van der Waals surface area contributed by atoms with Gasteiger partial charge in [-0.25, -0.2) is 14.5 Å². The number of aromatic nitrogens is 5. The molecule has 0 radical (unpaired) electrons. The van der Waals surface area contributed by atoms with Gasteiger partial charge in [0.2, 0.25) is 0 Å². The molecule has 0 atom stereocenters. The zero-order valence-electron chi connectivity index (χ0n) is 15.2. The molecule has 1 amide bonds. The van der Waals surface area contributed by atoms with Crippen LogP contribution in [0.4, 0.5) is 5.69 Å². The summed E-state index contributed by atoms with van der Waals surface area (Å²) in [4.78, 5) is 41.0. The first-order valence-corrected chi connectivity index (χ1v) is 8.43. The molecule has 0 bridgehead atoms. The summed E-state index contributed by atoms with van der Waals surface area (Å²) >= 11 is 0. The summed E-state index contributed by atoms with van der Waals surface area (Å²) < 4.78 is 3.88. The number of rotatable bonds is 3. The second-order valence-electron chi connectivity index (χ2n) is 6.26. The molecule has 0 aliphatic carbocycles. The number of nitrogens with one attached hydrogen (secondary N) is 1. The molecule has 9 heteroatoms. The molecule has 0 aliphatic heterocycles. The van der Waals surface area contributed by atoms with Crippen molar-refractivity contribution in [2.45, 2.75) is 0 Å². The normalized spacial score (nSPS) is 10.9. The lowest BCUT2D eigenvalue weighted by Gasteiger charge is -2.08. The van der Waals surface area contributed by atoms with Gasteiger partial charge in [0.1, 0.15) is 5.65 Å². The fourth-order valence-corrected chi connectivity index (χ4v) is 2.90. The highest BCUT2D eigenvalue weighted by Crippen LogP contribution is 2.14. The molecule has 0 saturated carbocycles. The van der Waals surface area contributed by atoms with Crippen LogP contribution in [0, 0.1) is 0 Å². The first-order valence-electron chi connectivity index (χ1n) is 8.43. The maximum atomic E-state index is 12.5. The van der Waals surface area contributed by atoms with Crippen molar-refractivity contribution in [3.63, 3.8) is 0 Å². The Hall–Kier alpha value is -4.01. The number of anilines is 1. The van der Waals surface area contributed by atoms with Crippen LogP contribution in [0.1, 0.15) is 10.4 Å². The van der Waals surface area contributed by atoms with Crippen LogP contribution >= 0.6 is 0 Å². The Labute approximate surface area is 158 Å². The molecule has 3 heterocycles. The zero-order valence-corrected chi connectivity index (χ0v) is 15.2. The van der Waals surface area contributed by atoms with Crippen molar-refractivity contribution in [3.05, 3.63) is 81.4 Å². The Balaban J connectivity index is 1.65. The molecule has 0 spiro atoms. The lowest BCUT2D eigenvalue weighted by atomic mass is 10.2. The number of para-hydroxylation sites is 1. The van der Waals surface area contributed by atoms with E-state index in [1.54, 1.807) is 10.9 Å². The van der Waals surface area contributed by atoms with Gasteiger partial charge in [0.25, 0.3) is 11.5 Å². The van der Waals surface area contributed by atoms with Gasteiger partial charge in [0.05, 0.1) is 34.7 Å². The third-order valence-corrected chi connectivity index (χ3v) is 4.42. The third kappa shape index (κ3) is 2.88. The molecule has 4 aromatic rings. The number of benzene rings is 1. The summed E-state index contributed by atoms with van der Waals surface area (Å²) in [6.07, 6.45) is 4.47. The third-order valence-electron chi connectivity index (χ3n) is 4.42. The van der Waals surface area contributed by atoms with E-state index >= 15 is 0 Å². The number of carbonyl (C=O) groups excluding carboxylic acids is 1. The monoisotopic (exact) mass is 376 g/mol. The van der Waals surface area contributed by atoms with E-state index in [0.717, 1.165) is 10.3 Å². The van der Waals surface area contributed by atoms with Gasteiger partial charge in [-0.05, 0) is 18.2 Å². The molecule has 0 fully saturated rings. The van der Waals surface area contributed by atoms with Crippen LogP contribution in [-0.2, 0) is 14.1 Å². The first kappa shape index (κ1) is 17.4. The van der Waals surface area contributed by atoms with Crippen LogP contribution in [0.15, 0.2) is 64.6 Å². The van der Waals surface area contributed by atoms with Gasteiger partial charge >= 0.3 is 5.69 Å². The topological polar surface area (TPSA) is 104 Å². The number of pyridine rings is 1. The molecule has 1 N–H and O–H groups in total. The lowest BCUT2D eigenvalue weighted by molar-refractivity contribution is 0.102. The summed E-state index contributed by atoms with van der Waals surface area (Å²) in [7, 11) is 2.93. The van der Waals surface area contributed by atoms with Gasteiger partial charge in [-0.2, -0.15) is 5.10 Å².